The number of rotatable bonds is 5. The van der Waals surface area contributed by atoms with Gasteiger partial charge in [0.1, 0.15) is 6.04 Å². The molecule has 0 radical (unpaired) electrons. The maximum absolute atomic E-state index is 11.2. The highest BCUT2D eigenvalue weighted by Gasteiger charge is 2.41. The van der Waals surface area contributed by atoms with Crippen LogP contribution in [0.4, 0.5) is 0 Å². The van der Waals surface area contributed by atoms with Gasteiger partial charge in [-0.15, -0.1) is 0 Å². The summed E-state index contributed by atoms with van der Waals surface area (Å²) in [5, 5.41) is 24.6. The predicted molar refractivity (Wildman–Crippen MR) is 70.6 cm³/mol. The highest BCUT2D eigenvalue weighted by atomic mass is 16.4. The monoisotopic (exact) mass is 270 g/mol. The van der Waals surface area contributed by atoms with Gasteiger partial charge in [-0.2, -0.15) is 0 Å². The summed E-state index contributed by atoms with van der Waals surface area (Å²) >= 11 is 0. The summed E-state index contributed by atoms with van der Waals surface area (Å²) in [6.45, 7) is 4.83. The van der Waals surface area contributed by atoms with E-state index in [1.165, 1.54) is 6.92 Å². The van der Waals surface area contributed by atoms with Gasteiger partial charge in [-0.05, 0) is 26.2 Å². The van der Waals surface area contributed by atoms with Crippen molar-refractivity contribution in [3.05, 3.63) is 12.2 Å². The third kappa shape index (κ3) is 4.04. The van der Waals surface area contributed by atoms with E-state index in [0.717, 1.165) is 0 Å². The van der Waals surface area contributed by atoms with Gasteiger partial charge in [-0.1, -0.05) is 12.2 Å². The van der Waals surface area contributed by atoms with Crippen molar-refractivity contribution < 1.29 is 19.8 Å². The summed E-state index contributed by atoms with van der Waals surface area (Å²) in [5.41, 5.74) is 0. The minimum absolute atomic E-state index is 0.0300. The number of nitrogens with one attached hydrogen (secondary N) is 2. The largest absolute Gasteiger partial charge is 0.480 e. The van der Waals surface area contributed by atoms with Crippen LogP contribution in [0.3, 0.4) is 0 Å². The lowest BCUT2D eigenvalue weighted by atomic mass is 9.90. The summed E-state index contributed by atoms with van der Waals surface area (Å²) in [6.07, 6.45) is 3.46. The van der Waals surface area contributed by atoms with E-state index in [9.17, 15) is 14.7 Å². The molecule has 5 atom stereocenters. The van der Waals surface area contributed by atoms with Crippen molar-refractivity contribution in [3.63, 3.8) is 0 Å². The number of allylic oxidation sites excluding steroid dienone is 1. The molecule has 0 aromatic carbocycles. The van der Waals surface area contributed by atoms with Gasteiger partial charge < -0.3 is 15.5 Å². The molecule has 1 unspecified atom stereocenters. The minimum atomic E-state index is -0.913. The Morgan fingerprint density at radius 1 is 1.47 bits per heavy atom. The van der Waals surface area contributed by atoms with E-state index >= 15 is 0 Å². The van der Waals surface area contributed by atoms with Crippen molar-refractivity contribution in [2.24, 2.45) is 5.92 Å². The molecule has 1 amide bonds. The number of carboxylic acids is 1. The van der Waals surface area contributed by atoms with Crippen LogP contribution in [-0.4, -0.2) is 46.3 Å². The van der Waals surface area contributed by atoms with Gasteiger partial charge in [0.15, 0.2) is 0 Å². The molecule has 6 nitrogen and oxygen atoms in total. The number of amides is 1. The molecule has 6 heteroatoms. The third-order valence-electron chi connectivity index (χ3n) is 3.38. The van der Waals surface area contributed by atoms with Crippen LogP contribution >= 0.6 is 0 Å². The van der Waals surface area contributed by atoms with E-state index < -0.39 is 24.2 Å². The van der Waals surface area contributed by atoms with Gasteiger partial charge in [0, 0.05) is 13.0 Å². The average Bonchev–Trinajstić information content (AvgIpc) is 2.70. The number of hydrogen-bond acceptors (Lipinski definition) is 4. The van der Waals surface area contributed by atoms with Gasteiger partial charge in [-0.3, -0.25) is 14.9 Å². The highest BCUT2D eigenvalue weighted by Crippen LogP contribution is 2.26. The molecule has 1 aliphatic rings. The number of aliphatic hydroxyl groups is 1. The second-order valence-electron chi connectivity index (χ2n) is 4.98. The lowest BCUT2D eigenvalue weighted by molar-refractivity contribution is -0.139. The zero-order valence-electron chi connectivity index (χ0n) is 11.5. The number of carboxylic acid groups (broad SMARTS) is 1. The highest BCUT2D eigenvalue weighted by molar-refractivity contribution is 5.75. The second-order valence-corrected chi connectivity index (χ2v) is 4.98. The van der Waals surface area contributed by atoms with Crippen LogP contribution in [0.25, 0.3) is 0 Å². The molecule has 0 saturated carbocycles. The molecule has 0 spiro atoms. The Labute approximate surface area is 112 Å². The number of aliphatic carboxylic acids is 1. The first-order chi connectivity index (χ1) is 8.86. The molecular formula is C13H22N2O4. The first-order valence-corrected chi connectivity index (χ1v) is 6.43. The zero-order valence-corrected chi connectivity index (χ0v) is 11.5. The minimum Gasteiger partial charge on any atom is -0.480 e. The van der Waals surface area contributed by atoms with Crippen molar-refractivity contribution in [2.75, 3.05) is 0 Å². The van der Waals surface area contributed by atoms with Crippen LogP contribution < -0.4 is 10.6 Å². The molecule has 1 heterocycles. The van der Waals surface area contributed by atoms with Crippen molar-refractivity contribution in [2.45, 2.75) is 51.4 Å². The Bertz CT molecular complexity index is 368. The molecular weight excluding hydrogens is 248 g/mol. The fourth-order valence-electron chi connectivity index (χ4n) is 2.58. The first kappa shape index (κ1) is 15.7. The van der Waals surface area contributed by atoms with Gasteiger partial charge in [0.05, 0.1) is 12.1 Å². The lowest BCUT2D eigenvalue weighted by Crippen LogP contribution is -2.56. The zero-order chi connectivity index (χ0) is 14.6. The number of carbonyl (C=O) groups excluding carboxylic acids is 1. The number of carbonyl (C=O) groups is 2. The van der Waals surface area contributed by atoms with Crippen LogP contribution in [0, 0.1) is 5.92 Å². The Morgan fingerprint density at radius 2 is 2.11 bits per heavy atom. The van der Waals surface area contributed by atoms with E-state index in [-0.39, 0.29) is 17.9 Å². The smallest absolute Gasteiger partial charge is 0.320 e. The molecule has 0 aromatic heterocycles. The van der Waals surface area contributed by atoms with Crippen molar-refractivity contribution >= 4 is 11.9 Å². The topological polar surface area (TPSA) is 98.7 Å². The molecule has 0 aliphatic carbocycles. The second kappa shape index (κ2) is 6.68. The molecule has 1 saturated heterocycles. The van der Waals surface area contributed by atoms with E-state index in [0.29, 0.717) is 6.42 Å². The molecule has 108 valence electrons. The normalized spacial score (nSPS) is 30.2. The molecule has 0 aromatic rings. The summed E-state index contributed by atoms with van der Waals surface area (Å²) in [4.78, 5) is 22.3. The fourth-order valence-corrected chi connectivity index (χ4v) is 2.58. The molecule has 4 N–H and O–H groups in total. The number of hydrogen-bond donors (Lipinski definition) is 4. The molecule has 1 fully saturated rings. The van der Waals surface area contributed by atoms with E-state index in [1.54, 1.807) is 6.92 Å². The van der Waals surface area contributed by atoms with Gasteiger partial charge in [0.25, 0.3) is 0 Å². The van der Waals surface area contributed by atoms with Crippen molar-refractivity contribution in [3.8, 4) is 0 Å². The Morgan fingerprint density at radius 3 is 2.53 bits per heavy atom. The Hall–Kier alpha value is -1.40. The first-order valence-electron chi connectivity index (χ1n) is 6.43. The van der Waals surface area contributed by atoms with Crippen LogP contribution in [-0.2, 0) is 9.59 Å². The number of aliphatic hydroxyl groups excluding tert-OH is 1. The maximum atomic E-state index is 11.2. The Kier molecular flexibility index (Phi) is 5.50. The Balaban J connectivity index is 2.91. The summed E-state index contributed by atoms with van der Waals surface area (Å²) in [5.74, 6) is -1.19. The van der Waals surface area contributed by atoms with Crippen molar-refractivity contribution in [1.29, 1.82) is 0 Å². The van der Waals surface area contributed by atoms with E-state index in [1.807, 2.05) is 19.1 Å². The van der Waals surface area contributed by atoms with Gasteiger partial charge in [0.2, 0.25) is 5.91 Å². The van der Waals surface area contributed by atoms with Crippen LogP contribution in [0.2, 0.25) is 0 Å². The quantitative estimate of drug-likeness (QED) is 0.522. The lowest BCUT2D eigenvalue weighted by Gasteiger charge is -2.30. The molecule has 1 aliphatic heterocycles. The summed E-state index contributed by atoms with van der Waals surface area (Å²) in [7, 11) is 0. The third-order valence-corrected chi connectivity index (χ3v) is 3.38. The molecule has 19 heavy (non-hydrogen) atoms. The maximum Gasteiger partial charge on any atom is 0.320 e. The molecule has 0 bridgehead atoms. The fraction of sp³-hybridized carbons (Fsp3) is 0.692. The van der Waals surface area contributed by atoms with Crippen LogP contribution in [0.1, 0.15) is 27.2 Å². The average molecular weight is 270 g/mol. The predicted octanol–water partition coefficient (Wildman–Crippen LogP) is -0.121. The van der Waals surface area contributed by atoms with Gasteiger partial charge in [-0.25, -0.2) is 0 Å². The van der Waals surface area contributed by atoms with Crippen molar-refractivity contribution in [1.82, 2.24) is 10.6 Å². The summed E-state index contributed by atoms with van der Waals surface area (Å²) in [6, 6.07) is -1.45. The summed E-state index contributed by atoms with van der Waals surface area (Å²) < 4.78 is 0. The van der Waals surface area contributed by atoms with Crippen LogP contribution in [0.5, 0.6) is 0 Å². The molecule has 1 rings (SSSR count). The standard InChI is InChI=1S/C13H22N2O4/c1-4-5-9-6-10(13(18)19)15-12(9)11(7(2)16)14-8(3)17/h4-5,7,9-12,15-16H,6H2,1-3H3,(H,14,17)(H,18,19)/b5-4-/t7?,9-,10-,11+,12-/m1/s1. The SMILES string of the molecule is C/C=C\[C@@H]1C[C@H](C(=O)O)N[C@H]1[C@@H](NC(C)=O)C(C)O. The van der Waals surface area contributed by atoms with Crippen LogP contribution in [0.15, 0.2) is 12.2 Å². The van der Waals surface area contributed by atoms with E-state index in [4.69, 9.17) is 5.11 Å². The van der Waals surface area contributed by atoms with E-state index in [2.05, 4.69) is 10.6 Å². The van der Waals surface area contributed by atoms with Gasteiger partial charge >= 0.3 is 5.97 Å².